The van der Waals surface area contributed by atoms with Crippen LogP contribution < -0.4 is 4.90 Å². The minimum atomic E-state index is 0.0228. The van der Waals surface area contributed by atoms with Crippen LogP contribution in [0.4, 0.5) is 11.4 Å². The number of para-hydroxylation sites is 2. The monoisotopic (exact) mass is 375 g/mol. The Hall–Kier alpha value is -2.79. The molecule has 0 aromatic heterocycles. The molecule has 1 saturated heterocycles. The zero-order valence-electron chi connectivity index (χ0n) is 15.4. The predicted molar refractivity (Wildman–Crippen MR) is 114 cm³/mol. The number of hydrogen-bond donors (Lipinski definition) is 0. The molecule has 1 amide bonds. The smallest absolute Gasteiger partial charge is 0.268 e. The lowest BCUT2D eigenvalue weighted by atomic mass is 10.1. The topological polar surface area (TPSA) is 35.9 Å². The summed E-state index contributed by atoms with van der Waals surface area (Å²) in [5, 5.41) is 0.736. The normalized spacial score (nSPS) is 20.5. The summed E-state index contributed by atoms with van der Waals surface area (Å²) in [5.41, 5.74) is 4.11. The Balaban J connectivity index is 1.78. The van der Waals surface area contributed by atoms with E-state index in [0.717, 1.165) is 33.7 Å². The first kappa shape index (κ1) is 17.6. The van der Waals surface area contributed by atoms with Gasteiger partial charge in [0.25, 0.3) is 5.91 Å². The molecule has 2 aliphatic rings. The lowest BCUT2D eigenvalue weighted by Crippen LogP contribution is -2.30. The van der Waals surface area contributed by atoms with E-state index in [1.165, 1.54) is 17.3 Å². The average Bonchev–Trinajstić information content (AvgIpc) is 3.02. The summed E-state index contributed by atoms with van der Waals surface area (Å²) in [6.45, 7) is 5.49. The summed E-state index contributed by atoms with van der Waals surface area (Å²) in [6, 6.07) is 18.0. The number of thioether (sulfide) groups is 1. The van der Waals surface area contributed by atoms with Gasteiger partial charge in [-0.25, -0.2) is 4.99 Å². The Morgan fingerprint density at radius 2 is 1.59 bits per heavy atom. The number of amides is 1. The number of carbonyl (C=O) groups excluding carboxylic acids is 1. The zero-order chi connectivity index (χ0) is 18.8. The molecule has 1 fully saturated rings. The van der Waals surface area contributed by atoms with Gasteiger partial charge in [-0.3, -0.25) is 9.69 Å². The van der Waals surface area contributed by atoms with Gasteiger partial charge in [0.15, 0.2) is 5.17 Å². The van der Waals surface area contributed by atoms with Crippen LogP contribution in [-0.4, -0.2) is 29.1 Å². The molecule has 4 nitrogen and oxygen atoms in total. The van der Waals surface area contributed by atoms with Crippen LogP contribution in [0, 0.1) is 0 Å². The molecule has 2 heterocycles. The van der Waals surface area contributed by atoms with E-state index in [4.69, 9.17) is 4.99 Å². The second-order valence-electron chi connectivity index (χ2n) is 6.23. The second kappa shape index (κ2) is 7.45. The van der Waals surface area contributed by atoms with Crippen LogP contribution in [0.15, 0.2) is 76.3 Å². The molecule has 0 unspecified atom stereocenters. The van der Waals surface area contributed by atoms with Gasteiger partial charge in [-0.15, -0.1) is 0 Å². The zero-order valence-corrected chi connectivity index (χ0v) is 16.2. The number of carbonyl (C=O) groups is 1. The first-order valence-electron chi connectivity index (χ1n) is 9.15. The number of fused-ring (bicyclic) bond motifs is 1. The van der Waals surface area contributed by atoms with E-state index in [-0.39, 0.29) is 5.91 Å². The Bertz CT molecular complexity index is 963. The van der Waals surface area contributed by atoms with Gasteiger partial charge in [-0.2, -0.15) is 0 Å². The van der Waals surface area contributed by atoms with Crippen LogP contribution in [0.1, 0.15) is 19.4 Å². The van der Waals surface area contributed by atoms with Gasteiger partial charge in [-0.05, 0) is 55.4 Å². The molecule has 0 radical (unpaired) electrons. The second-order valence-corrected chi connectivity index (χ2v) is 7.21. The van der Waals surface area contributed by atoms with E-state index in [9.17, 15) is 4.79 Å². The van der Waals surface area contributed by atoms with Crippen molar-refractivity contribution in [3.63, 3.8) is 0 Å². The Kier molecular flexibility index (Phi) is 4.86. The third-order valence-corrected chi connectivity index (χ3v) is 5.73. The van der Waals surface area contributed by atoms with Crippen molar-refractivity contribution in [2.45, 2.75) is 13.8 Å². The minimum absolute atomic E-state index is 0.0228. The van der Waals surface area contributed by atoms with Crippen molar-refractivity contribution in [1.29, 1.82) is 0 Å². The number of benzene rings is 2. The predicted octanol–water partition coefficient (Wildman–Crippen LogP) is 5.03. The SMILES string of the molecule is CCN1C(=O)/C(=C2/C=Cc3ccccc3N2CC)SC1=Nc1ccccc1. The summed E-state index contributed by atoms with van der Waals surface area (Å²) in [4.78, 5) is 22.5. The summed E-state index contributed by atoms with van der Waals surface area (Å²) >= 11 is 1.46. The Morgan fingerprint density at radius 3 is 2.33 bits per heavy atom. The maximum atomic E-state index is 13.1. The van der Waals surface area contributed by atoms with E-state index in [1.807, 2.05) is 55.5 Å². The van der Waals surface area contributed by atoms with Gasteiger partial charge < -0.3 is 4.90 Å². The van der Waals surface area contributed by atoms with Crippen molar-refractivity contribution in [3.05, 3.63) is 76.8 Å². The van der Waals surface area contributed by atoms with Crippen molar-refractivity contribution in [2.24, 2.45) is 4.99 Å². The number of allylic oxidation sites excluding steroid dienone is 1. The minimum Gasteiger partial charge on any atom is -0.340 e. The maximum Gasteiger partial charge on any atom is 0.268 e. The Labute approximate surface area is 163 Å². The molecule has 4 rings (SSSR count). The molecule has 136 valence electrons. The van der Waals surface area contributed by atoms with Gasteiger partial charge in [0.1, 0.15) is 4.91 Å². The Morgan fingerprint density at radius 1 is 0.889 bits per heavy atom. The number of aliphatic imine (C=N–C) groups is 1. The van der Waals surface area contributed by atoms with E-state index < -0.39 is 0 Å². The van der Waals surface area contributed by atoms with E-state index >= 15 is 0 Å². The standard InChI is InChI=1S/C22H21N3OS/c1-3-24-18-13-9-8-10-16(18)14-15-19(24)20-21(26)25(4-2)22(27-20)23-17-11-6-5-7-12-17/h5-15H,3-4H2,1-2H3/b20-19+,23-22?. The van der Waals surface area contributed by atoms with Gasteiger partial charge in [0.05, 0.1) is 11.4 Å². The van der Waals surface area contributed by atoms with E-state index in [2.05, 4.69) is 30.0 Å². The fraction of sp³-hybridized carbons (Fsp3) is 0.182. The van der Waals surface area contributed by atoms with E-state index in [1.54, 1.807) is 4.90 Å². The maximum absolute atomic E-state index is 13.1. The quantitative estimate of drug-likeness (QED) is 0.706. The fourth-order valence-electron chi connectivity index (χ4n) is 3.34. The molecule has 5 heteroatoms. The molecule has 0 saturated carbocycles. The highest BCUT2D eigenvalue weighted by Gasteiger charge is 2.36. The van der Waals surface area contributed by atoms with Crippen molar-refractivity contribution < 1.29 is 4.79 Å². The molecule has 2 aliphatic heterocycles. The molecular formula is C22H21N3OS. The largest absolute Gasteiger partial charge is 0.340 e. The van der Waals surface area contributed by atoms with Crippen LogP contribution >= 0.6 is 11.8 Å². The summed E-state index contributed by atoms with van der Waals surface area (Å²) < 4.78 is 0. The number of hydrogen-bond acceptors (Lipinski definition) is 4. The molecule has 2 aromatic carbocycles. The summed E-state index contributed by atoms with van der Waals surface area (Å²) in [6.07, 6.45) is 4.13. The van der Waals surface area contributed by atoms with Gasteiger partial charge in [0.2, 0.25) is 0 Å². The van der Waals surface area contributed by atoms with Crippen LogP contribution in [0.2, 0.25) is 0 Å². The third-order valence-electron chi connectivity index (χ3n) is 4.65. The molecule has 2 aromatic rings. The molecule has 0 spiro atoms. The summed E-state index contributed by atoms with van der Waals surface area (Å²) in [5.74, 6) is 0.0228. The van der Waals surface area contributed by atoms with Crippen molar-refractivity contribution in [3.8, 4) is 0 Å². The number of anilines is 1. The van der Waals surface area contributed by atoms with Gasteiger partial charge in [0, 0.05) is 18.8 Å². The first-order valence-corrected chi connectivity index (χ1v) is 9.97. The lowest BCUT2D eigenvalue weighted by molar-refractivity contribution is -0.122. The highest BCUT2D eigenvalue weighted by atomic mass is 32.2. The third kappa shape index (κ3) is 3.19. The van der Waals surface area contributed by atoms with Crippen molar-refractivity contribution in [1.82, 2.24) is 4.90 Å². The van der Waals surface area contributed by atoms with Crippen LogP contribution in [0.25, 0.3) is 6.08 Å². The number of nitrogens with zero attached hydrogens (tertiary/aromatic N) is 3. The van der Waals surface area contributed by atoms with Gasteiger partial charge >= 0.3 is 0 Å². The van der Waals surface area contributed by atoms with Crippen molar-refractivity contribution >= 4 is 40.3 Å². The molecular weight excluding hydrogens is 354 g/mol. The number of likely N-dealkylation sites (N-methyl/N-ethyl adjacent to an activating group) is 2. The highest BCUT2D eigenvalue weighted by Crippen LogP contribution is 2.40. The highest BCUT2D eigenvalue weighted by molar-refractivity contribution is 8.18. The van der Waals surface area contributed by atoms with E-state index in [0.29, 0.717) is 6.54 Å². The summed E-state index contributed by atoms with van der Waals surface area (Å²) in [7, 11) is 0. The van der Waals surface area contributed by atoms with Gasteiger partial charge in [-0.1, -0.05) is 42.5 Å². The molecule has 0 aliphatic carbocycles. The molecule has 27 heavy (non-hydrogen) atoms. The molecule has 0 atom stereocenters. The van der Waals surface area contributed by atoms with Crippen LogP contribution in [0.3, 0.4) is 0 Å². The molecule has 0 N–H and O–H groups in total. The van der Waals surface area contributed by atoms with Crippen LogP contribution in [-0.2, 0) is 4.79 Å². The number of amidine groups is 1. The molecule has 0 bridgehead atoms. The lowest BCUT2D eigenvalue weighted by Gasteiger charge is -2.30. The average molecular weight is 375 g/mol. The number of rotatable bonds is 3. The van der Waals surface area contributed by atoms with Crippen LogP contribution in [0.5, 0.6) is 0 Å². The first-order chi connectivity index (χ1) is 13.2. The fourth-order valence-corrected chi connectivity index (χ4v) is 4.47. The van der Waals surface area contributed by atoms with Crippen molar-refractivity contribution in [2.75, 3.05) is 18.0 Å².